The highest BCUT2D eigenvalue weighted by Crippen LogP contribution is 2.44. The van der Waals surface area contributed by atoms with Crippen molar-refractivity contribution < 1.29 is 0 Å². The van der Waals surface area contributed by atoms with Gasteiger partial charge in [-0.3, -0.25) is 0 Å². The summed E-state index contributed by atoms with van der Waals surface area (Å²) in [6.07, 6.45) is 1.41. The van der Waals surface area contributed by atoms with Gasteiger partial charge in [-0.2, -0.15) is 5.26 Å². The van der Waals surface area contributed by atoms with Gasteiger partial charge >= 0.3 is 0 Å². The number of likely N-dealkylation sites (tertiary alicyclic amines) is 1. The van der Waals surface area contributed by atoms with Gasteiger partial charge in [-0.15, -0.1) is 0 Å². The highest BCUT2D eigenvalue weighted by atomic mass is 15.2. The van der Waals surface area contributed by atoms with Crippen molar-refractivity contribution in [2.75, 3.05) is 19.6 Å². The lowest BCUT2D eigenvalue weighted by molar-refractivity contribution is 0.299. The fourth-order valence-electron chi connectivity index (χ4n) is 1.96. The van der Waals surface area contributed by atoms with Gasteiger partial charge in [-0.25, -0.2) is 0 Å². The van der Waals surface area contributed by atoms with Gasteiger partial charge < -0.3 is 10.6 Å². The number of nitrogens with two attached hydrogens (primary N) is 1. The van der Waals surface area contributed by atoms with Crippen molar-refractivity contribution in [3.63, 3.8) is 0 Å². The molecule has 1 saturated heterocycles. The zero-order valence-corrected chi connectivity index (χ0v) is 6.53. The minimum atomic E-state index is -0.285. The van der Waals surface area contributed by atoms with E-state index in [0.717, 1.165) is 18.4 Å². The summed E-state index contributed by atoms with van der Waals surface area (Å²) in [5.74, 6) is 1.89. The highest BCUT2D eigenvalue weighted by molar-refractivity contribution is 4.99. The standard InChI is InChI=1S/C8H13N3/c9-2-8(10)5-11-3-6-1-7(6)4-11/h6-8H,1,3-5,10H2. The molecule has 0 amide bonds. The summed E-state index contributed by atoms with van der Waals surface area (Å²) in [6, 6.07) is 1.77. The van der Waals surface area contributed by atoms with Crippen LogP contribution in [0.15, 0.2) is 0 Å². The predicted molar refractivity (Wildman–Crippen MR) is 41.6 cm³/mol. The monoisotopic (exact) mass is 151 g/mol. The number of fused-ring (bicyclic) bond motifs is 1. The number of rotatable bonds is 2. The molecular formula is C8H13N3. The fourth-order valence-corrected chi connectivity index (χ4v) is 1.96. The van der Waals surface area contributed by atoms with E-state index in [1.165, 1.54) is 19.5 Å². The normalized spacial score (nSPS) is 37.8. The van der Waals surface area contributed by atoms with Gasteiger partial charge in [0.25, 0.3) is 0 Å². The van der Waals surface area contributed by atoms with Gasteiger partial charge in [0.1, 0.15) is 6.04 Å². The molecule has 0 aromatic carbocycles. The first-order valence-electron chi connectivity index (χ1n) is 4.17. The molecule has 1 aliphatic heterocycles. The molecule has 11 heavy (non-hydrogen) atoms. The Kier molecular flexibility index (Phi) is 1.59. The SMILES string of the molecule is N#CC(N)CN1CC2CC2C1. The van der Waals surface area contributed by atoms with Crippen LogP contribution in [0.1, 0.15) is 6.42 Å². The van der Waals surface area contributed by atoms with Crippen LogP contribution in [0.2, 0.25) is 0 Å². The van der Waals surface area contributed by atoms with Crippen molar-refractivity contribution in [2.24, 2.45) is 17.6 Å². The summed E-state index contributed by atoms with van der Waals surface area (Å²) in [5.41, 5.74) is 5.51. The van der Waals surface area contributed by atoms with E-state index in [4.69, 9.17) is 11.0 Å². The summed E-state index contributed by atoms with van der Waals surface area (Å²) in [4.78, 5) is 2.31. The minimum absolute atomic E-state index is 0.285. The first-order chi connectivity index (χ1) is 5.29. The molecule has 1 saturated carbocycles. The molecule has 3 heteroatoms. The first-order valence-corrected chi connectivity index (χ1v) is 4.17. The Labute approximate surface area is 66.8 Å². The van der Waals surface area contributed by atoms with Gasteiger partial charge in [-0.1, -0.05) is 0 Å². The van der Waals surface area contributed by atoms with Crippen LogP contribution in [-0.4, -0.2) is 30.6 Å². The van der Waals surface area contributed by atoms with Gasteiger partial charge in [0, 0.05) is 19.6 Å². The number of hydrogen-bond donors (Lipinski definition) is 1. The van der Waals surface area contributed by atoms with Crippen molar-refractivity contribution in [3.8, 4) is 6.07 Å². The second-order valence-electron chi connectivity index (χ2n) is 3.71. The zero-order valence-electron chi connectivity index (χ0n) is 6.53. The maximum Gasteiger partial charge on any atom is 0.106 e. The quantitative estimate of drug-likeness (QED) is 0.594. The van der Waals surface area contributed by atoms with Crippen LogP contribution in [0.4, 0.5) is 0 Å². The maximum absolute atomic E-state index is 8.47. The molecule has 0 aromatic heterocycles. The second-order valence-corrected chi connectivity index (χ2v) is 3.71. The van der Waals surface area contributed by atoms with E-state index < -0.39 is 0 Å². The molecule has 0 spiro atoms. The number of piperidine rings is 1. The van der Waals surface area contributed by atoms with Crippen molar-refractivity contribution in [2.45, 2.75) is 12.5 Å². The van der Waals surface area contributed by atoms with E-state index in [9.17, 15) is 0 Å². The summed E-state index contributed by atoms with van der Waals surface area (Å²) in [6.45, 7) is 3.13. The highest BCUT2D eigenvalue weighted by Gasteiger charge is 2.44. The summed E-state index contributed by atoms with van der Waals surface area (Å²) < 4.78 is 0. The molecule has 0 radical (unpaired) electrons. The van der Waals surface area contributed by atoms with Crippen LogP contribution in [0.25, 0.3) is 0 Å². The van der Waals surface area contributed by atoms with Crippen LogP contribution in [0, 0.1) is 23.2 Å². The van der Waals surface area contributed by atoms with Gasteiger partial charge in [0.2, 0.25) is 0 Å². The average molecular weight is 151 g/mol. The third-order valence-corrected chi connectivity index (χ3v) is 2.68. The van der Waals surface area contributed by atoms with E-state index in [1.54, 1.807) is 0 Å². The number of nitrogens with zero attached hydrogens (tertiary/aromatic N) is 2. The second kappa shape index (κ2) is 2.47. The lowest BCUT2D eigenvalue weighted by Gasteiger charge is -2.17. The molecule has 1 heterocycles. The number of nitriles is 1. The van der Waals surface area contributed by atoms with E-state index in [2.05, 4.69) is 11.0 Å². The molecular weight excluding hydrogens is 138 g/mol. The first kappa shape index (κ1) is 7.08. The molecule has 3 atom stereocenters. The van der Waals surface area contributed by atoms with Crippen molar-refractivity contribution >= 4 is 0 Å². The van der Waals surface area contributed by atoms with Crippen molar-refractivity contribution in [3.05, 3.63) is 0 Å². The van der Waals surface area contributed by atoms with Gasteiger partial charge in [-0.05, 0) is 18.3 Å². The predicted octanol–water partition coefficient (Wildman–Crippen LogP) is -0.211. The minimum Gasteiger partial charge on any atom is -0.315 e. The molecule has 2 N–H and O–H groups in total. The van der Waals surface area contributed by atoms with Gasteiger partial charge in [0.05, 0.1) is 6.07 Å². The lowest BCUT2D eigenvalue weighted by atomic mass is 10.3. The molecule has 2 aliphatic rings. The smallest absolute Gasteiger partial charge is 0.106 e. The summed E-state index contributed by atoms with van der Waals surface area (Å²) in [5, 5.41) is 8.47. The van der Waals surface area contributed by atoms with Crippen LogP contribution in [0.5, 0.6) is 0 Å². The van der Waals surface area contributed by atoms with Crippen LogP contribution < -0.4 is 5.73 Å². The average Bonchev–Trinajstić information content (AvgIpc) is 2.60. The Morgan fingerprint density at radius 2 is 2.18 bits per heavy atom. The third-order valence-electron chi connectivity index (χ3n) is 2.68. The van der Waals surface area contributed by atoms with Crippen LogP contribution in [0.3, 0.4) is 0 Å². The fraction of sp³-hybridized carbons (Fsp3) is 0.875. The van der Waals surface area contributed by atoms with E-state index in [1.807, 2.05) is 0 Å². The van der Waals surface area contributed by atoms with Crippen LogP contribution >= 0.6 is 0 Å². The van der Waals surface area contributed by atoms with Crippen molar-refractivity contribution in [1.82, 2.24) is 4.90 Å². The molecule has 1 aliphatic carbocycles. The molecule has 0 bridgehead atoms. The summed E-state index contributed by atoms with van der Waals surface area (Å²) >= 11 is 0. The van der Waals surface area contributed by atoms with E-state index in [0.29, 0.717) is 0 Å². The molecule has 2 fully saturated rings. The molecule has 0 aromatic rings. The molecule has 3 unspecified atom stereocenters. The Morgan fingerprint density at radius 1 is 1.55 bits per heavy atom. The Hall–Kier alpha value is -0.590. The van der Waals surface area contributed by atoms with Gasteiger partial charge in [0.15, 0.2) is 0 Å². The molecule has 60 valence electrons. The van der Waals surface area contributed by atoms with E-state index >= 15 is 0 Å². The largest absolute Gasteiger partial charge is 0.315 e. The Morgan fingerprint density at radius 3 is 2.73 bits per heavy atom. The zero-order chi connectivity index (χ0) is 7.84. The van der Waals surface area contributed by atoms with Crippen molar-refractivity contribution in [1.29, 1.82) is 5.26 Å². The number of hydrogen-bond acceptors (Lipinski definition) is 3. The Bertz CT molecular complexity index is 186. The third kappa shape index (κ3) is 1.37. The molecule has 2 rings (SSSR count). The van der Waals surface area contributed by atoms with E-state index in [-0.39, 0.29) is 6.04 Å². The Balaban J connectivity index is 1.76. The topological polar surface area (TPSA) is 53.1 Å². The molecule has 3 nitrogen and oxygen atoms in total. The lowest BCUT2D eigenvalue weighted by Crippen LogP contribution is -2.36. The maximum atomic E-state index is 8.47. The van der Waals surface area contributed by atoms with Crippen LogP contribution in [-0.2, 0) is 0 Å². The summed E-state index contributed by atoms with van der Waals surface area (Å²) in [7, 11) is 0.